The van der Waals surface area contributed by atoms with E-state index in [-0.39, 0.29) is 22.8 Å². The predicted molar refractivity (Wildman–Crippen MR) is 126 cm³/mol. The van der Waals surface area contributed by atoms with Gasteiger partial charge in [0.05, 0.1) is 26.3 Å². The van der Waals surface area contributed by atoms with Crippen LogP contribution in [-0.4, -0.2) is 69.8 Å². The molecule has 0 unspecified atom stereocenters. The zero-order valence-corrected chi connectivity index (χ0v) is 19.6. The number of rotatable bonds is 8. The van der Waals surface area contributed by atoms with Gasteiger partial charge in [0.2, 0.25) is 11.5 Å². The summed E-state index contributed by atoms with van der Waals surface area (Å²) in [5.41, 5.74) is 1.83. The van der Waals surface area contributed by atoms with Crippen LogP contribution < -0.4 is 24.4 Å². The molecule has 0 saturated carbocycles. The van der Waals surface area contributed by atoms with E-state index in [1.165, 1.54) is 27.4 Å². The summed E-state index contributed by atoms with van der Waals surface area (Å²) in [5, 5.41) is 14.6. The number of amides is 1. The van der Waals surface area contributed by atoms with Crippen molar-refractivity contribution in [3.05, 3.63) is 45.5 Å². The number of nitrogens with zero attached hydrogens (tertiary/aromatic N) is 3. The van der Waals surface area contributed by atoms with Crippen molar-refractivity contribution in [2.24, 2.45) is 0 Å². The SMILES string of the molecule is CCN1CCN(c2ccc(NC(=O)c3cc(OC)c(OC)c(OC)c3[N+](=O)[O-])c(C)c2)CC1. The number of anilines is 2. The highest BCUT2D eigenvalue weighted by atomic mass is 16.6. The molecule has 2 aromatic carbocycles. The molecule has 1 fully saturated rings. The molecule has 3 rings (SSSR count). The number of nitro benzene ring substituents is 1. The Bertz CT molecular complexity index is 1030. The number of piperazine rings is 1. The summed E-state index contributed by atoms with van der Waals surface area (Å²) >= 11 is 0. The smallest absolute Gasteiger partial charge is 0.327 e. The van der Waals surface area contributed by atoms with Crippen molar-refractivity contribution in [2.75, 3.05) is 64.3 Å². The van der Waals surface area contributed by atoms with Crippen LogP contribution in [0, 0.1) is 17.0 Å². The Morgan fingerprint density at radius 3 is 2.24 bits per heavy atom. The first kappa shape index (κ1) is 24.1. The molecule has 10 heteroatoms. The van der Waals surface area contributed by atoms with Crippen LogP contribution in [0.3, 0.4) is 0 Å². The fraction of sp³-hybridized carbons (Fsp3) is 0.435. The number of nitro groups is 1. The zero-order chi connectivity index (χ0) is 24.1. The lowest BCUT2D eigenvalue weighted by atomic mass is 10.1. The molecule has 2 aromatic rings. The number of benzene rings is 2. The fourth-order valence-corrected chi connectivity index (χ4v) is 3.99. The number of methoxy groups -OCH3 is 3. The fourth-order valence-electron chi connectivity index (χ4n) is 3.99. The van der Waals surface area contributed by atoms with Crippen molar-refractivity contribution in [1.29, 1.82) is 0 Å². The van der Waals surface area contributed by atoms with E-state index in [4.69, 9.17) is 14.2 Å². The van der Waals surface area contributed by atoms with E-state index in [0.717, 1.165) is 44.0 Å². The quantitative estimate of drug-likeness (QED) is 0.474. The van der Waals surface area contributed by atoms with Crippen molar-refractivity contribution >= 4 is 23.0 Å². The standard InChI is InChI=1S/C23H30N4O6/c1-6-25-9-11-26(12-10-25)16-7-8-18(15(2)13-16)24-23(28)17-14-19(31-3)21(32-4)22(33-5)20(17)27(29)30/h7-8,13-14H,6,9-12H2,1-5H3,(H,24,28). The Kier molecular flexibility index (Phi) is 7.59. The second kappa shape index (κ2) is 10.4. The molecule has 0 aliphatic carbocycles. The molecule has 1 amide bonds. The summed E-state index contributed by atoms with van der Waals surface area (Å²) in [6.07, 6.45) is 0. The molecule has 0 atom stereocenters. The number of hydrogen-bond acceptors (Lipinski definition) is 8. The van der Waals surface area contributed by atoms with Gasteiger partial charge in [-0.3, -0.25) is 14.9 Å². The molecular formula is C23H30N4O6. The van der Waals surface area contributed by atoms with Gasteiger partial charge in [-0.05, 0) is 37.2 Å². The average molecular weight is 459 g/mol. The van der Waals surface area contributed by atoms with Crippen LogP contribution in [0.2, 0.25) is 0 Å². The molecule has 0 radical (unpaired) electrons. The van der Waals surface area contributed by atoms with Crippen molar-refractivity contribution in [1.82, 2.24) is 4.90 Å². The number of carbonyl (C=O) groups excluding carboxylic acids is 1. The number of ether oxygens (including phenoxy) is 3. The molecule has 1 aliphatic heterocycles. The van der Waals surface area contributed by atoms with E-state index in [1.807, 2.05) is 25.1 Å². The lowest BCUT2D eigenvalue weighted by Gasteiger charge is -2.35. The maximum Gasteiger partial charge on any atom is 0.327 e. The van der Waals surface area contributed by atoms with E-state index in [1.54, 1.807) is 0 Å². The van der Waals surface area contributed by atoms with Gasteiger partial charge in [-0.1, -0.05) is 6.92 Å². The van der Waals surface area contributed by atoms with Gasteiger partial charge in [0.1, 0.15) is 5.56 Å². The van der Waals surface area contributed by atoms with Gasteiger partial charge in [0.15, 0.2) is 5.75 Å². The summed E-state index contributed by atoms with van der Waals surface area (Å²) in [5.74, 6) is -0.617. The van der Waals surface area contributed by atoms with Crippen LogP contribution in [0.25, 0.3) is 0 Å². The van der Waals surface area contributed by atoms with Crippen LogP contribution >= 0.6 is 0 Å². The first-order valence-electron chi connectivity index (χ1n) is 10.7. The summed E-state index contributed by atoms with van der Waals surface area (Å²) < 4.78 is 15.7. The molecule has 1 saturated heterocycles. The second-order valence-corrected chi connectivity index (χ2v) is 7.67. The Morgan fingerprint density at radius 1 is 1.06 bits per heavy atom. The number of carbonyl (C=O) groups is 1. The maximum absolute atomic E-state index is 13.1. The lowest BCUT2D eigenvalue weighted by molar-refractivity contribution is -0.386. The topological polar surface area (TPSA) is 106 Å². The molecule has 10 nitrogen and oxygen atoms in total. The first-order valence-corrected chi connectivity index (χ1v) is 10.7. The highest BCUT2D eigenvalue weighted by molar-refractivity contribution is 6.09. The van der Waals surface area contributed by atoms with E-state index < -0.39 is 16.5 Å². The van der Waals surface area contributed by atoms with E-state index in [0.29, 0.717) is 5.69 Å². The Balaban J connectivity index is 1.89. The van der Waals surface area contributed by atoms with Gasteiger partial charge >= 0.3 is 5.69 Å². The van der Waals surface area contributed by atoms with Crippen molar-refractivity contribution in [3.63, 3.8) is 0 Å². The highest BCUT2D eigenvalue weighted by Crippen LogP contribution is 2.46. The van der Waals surface area contributed by atoms with Crippen molar-refractivity contribution in [3.8, 4) is 17.2 Å². The molecule has 1 aliphatic rings. The molecule has 0 spiro atoms. The van der Waals surface area contributed by atoms with Gasteiger partial charge < -0.3 is 29.3 Å². The van der Waals surface area contributed by atoms with Gasteiger partial charge in [-0.2, -0.15) is 0 Å². The molecule has 1 heterocycles. The van der Waals surface area contributed by atoms with Crippen LogP contribution in [0.1, 0.15) is 22.8 Å². The minimum Gasteiger partial charge on any atom is -0.493 e. The largest absolute Gasteiger partial charge is 0.493 e. The Labute approximate surface area is 193 Å². The first-order chi connectivity index (χ1) is 15.8. The second-order valence-electron chi connectivity index (χ2n) is 7.67. The van der Waals surface area contributed by atoms with Crippen LogP contribution in [0.4, 0.5) is 17.1 Å². The normalized spacial score (nSPS) is 14.0. The van der Waals surface area contributed by atoms with Gasteiger partial charge in [0.25, 0.3) is 5.91 Å². The monoisotopic (exact) mass is 458 g/mol. The molecule has 1 N–H and O–H groups in total. The Hall–Kier alpha value is -3.53. The predicted octanol–water partition coefficient (Wildman–Crippen LogP) is 3.32. The van der Waals surface area contributed by atoms with Gasteiger partial charge in [-0.25, -0.2) is 0 Å². The zero-order valence-electron chi connectivity index (χ0n) is 19.6. The minimum atomic E-state index is -0.665. The van der Waals surface area contributed by atoms with Crippen LogP contribution in [-0.2, 0) is 0 Å². The van der Waals surface area contributed by atoms with Crippen molar-refractivity contribution in [2.45, 2.75) is 13.8 Å². The van der Waals surface area contributed by atoms with Crippen molar-refractivity contribution < 1.29 is 23.9 Å². The molecule has 0 bridgehead atoms. The third-order valence-electron chi connectivity index (χ3n) is 5.87. The van der Waals surface area contributed by atoms with Crippen LogP contribution in [0.15, 0.2) is 24.3 Å². The third kappa shape index (κ3) is 4.95. The van der Waals surface area contributed by atoms with E-state index in [2.05, 4.69) is 22.0 Å². The lowest BCUT2D eigenvalue weighted by Crippen LogP contribution is -2.46. The molecular weight excluding hydrogens is 428 g/mol. The summed E-state index contributed by atoms with van der Waals surface area (Å²) in [7, 11) is 4.00. The average Bonchev–Trinajstić information content (AvgIpc) is 2.83. The number of likely N-dealkylation sites (N-methyl/N-ethyl adjacent to an activating group) is 1. The summed E-state index contributed by atoms with van der Waals surface area (Å²) in [6.45, 7) is 9.01. The summed E-state index contributed by atoms with van der Waals surface area (Å²) in [6, 6.07) is 7.07. The van der Waals surface area contributed by atoms with Gasteiger partial charge in [0, 0.05) is 43.6 Å². The summed E-state index contributed by atoms with van der Waals surface area (Å²) in [4.78, 5) is 29.0. The number of hydrogen-bond donors (Lipinski definition) is 1. The van der Waals surface area contributed by atoms with Gasteiger partial charge in [-0.15, -0.1) is 0 Å². The molecule has 178 valence electrons. The Morgan fingerprint density at radius 2 is 1.73 bits per heavy atom. The maximum atomic E-state index is 13.1. The van der Waals surface area contributed by atoms with E-state index in [9.17, 15) is 14.9 Å². The van der Waals surface area contributed by atoms with E-state index >= 15 is 0 Å². The molecule has 0 aromatic heterocycles. The van der Waals surface area contributed by atoms with Crippen LogP contribution in [0.5, 0.6) is 17.2 Å². The number of nitrogens with one attached hydrogen (secondary N) is 1. The molecule has 33 heavy (non-hydrogen) atoms. The highest BCUT2D eigenvalue weighted by Gasteiger charge is 2.32. The minimum absolute atomic E-state index is 0.0481. The number of aryl methyl sites for hydroxylation is 1. The third-order valence-corrected chi connectivity index (χ3v) is 5.87.